The van der Waals surface area contributed by atoms with Crippen molar-refractivity contribution in [3.63, 3.8) is 0 Å². The molecule has 29 heavy (non-hydrogen) atoms. The van der Waals surface area contributed by atoms with Gasteiger partial charge in [0.2, 0.25) is 11.8 Å². The number of carbonyl (C=O) groups is 2. The fraction of sp³-hybridized carbons (Fsp3) is 0.391. The second-order valence-corrected chi connectivity index (χ2v) is 7.65. The first-order valence-electron chi connectivity index (χ1n) is 10.0. The van der Waals surface area contributed by atoms with Crippen LogP contribution in [-0.4, -0.2) is 59.5 Å². The quantitative estimate of drug-likeness (QED) is 0.755. The Morgan fingerprint density at radius 3 is 2.52 bits per heavy atom. The van der Waals surface area contributed by atoms with Crippen LogP contribution in [0, 0.1) is 0 Å². The van der Waals surface area contributed by atoms with Gasteiger partial charge in [-0.2, -0.15) is 0 Å². The summed E-state index contributed by atoms with van der Waals surface area (Å²) in [5, 5.41) is 12.7. The SMILES string of the molecule is CC(=O)Nc1ccccc1CC(=O)N(C)[C@H](CN1CC[C@H](O)C1)c1ccccc1. The van der Waals surface area contributed by atoms with Gasteiger partial charge >= 0.3 is 0 Å². The number of benzene rings is 2. The molecule has 1 saturated heterocycles. The summed E-state index contributed by atoms with van der Waals surface area (Å²) in [6.45, 7) is 3.60. The topological polar surface area (TPSA) is 72.9 Å². The van der Waals surface area contributed by atoms with Crippen LogP contribution >= 0.6 is 0 Å². The average Bonchev–Trinajstić information content (AvgIpc) is 3.12. The third kappa shape index (κ3) is 5.65. The fourth-order valence-corrected chi connectivity index (χ4v) is 3.80. The molecule has 2 aromatic carbocycles. The molecule has 6 heteroatoms. The van der Waals surface area contributed by atoms with E-state index in [0.717, 1.165) is 24.1 Å². The lowest BCUT2D eigenvalue weighted by atomic mass is 10.0. The molecule has 3 rings (SSSR count). The van der Waals surface area contributed by atoms with Crippen molar-refractivity contribution in [1.82, 2.24) is 9.80 Å². The summed E-state index contributed by atoms with van der Waals surface area (Å²) in [5.41, 5.74) is 2.53. The number of nitrogens with zero attached hydrogens (tertiary/aromatic N) is 2. The van der Waals surface area contributed by atoms with E-state index in [-0.39, 0.29) is 30.4 Å². The van der Waals surface area contributed by atoms with Gasteiger partial charge in [0.05, 0.1) is 18.6 Å². The number of aliphatic hydroxyl groups is 1. The molecule has 154 valence electrons. The van der Waals surface area contributed by atoms with Gasteiger partial charge in [0.15, 0.2) is 0 Å². The molecule has 0 unspecified atom stereocenters. The third-order valence-electron chi connectivity index (χ3n) is 5.39. The number of hydrogen-bond acceptors (Lipinski definition) is 4. The van der Waals surface area contributed by atoms with Gasteiger partial charge in [0.1, 0.15) is 0 Å². The smallest absolute Gasteiger partial charge is 0.227 e. The van der Waals surface area contributed by atoms with E-state index in [1.807, 2.05) is 61.6 Å². The highest BCUT2D eigenvalue weighted by Gasteiger charge is 2.28. The largest absolute Gasteiger partial charge is 0.392 e. The van der Waals surface area contributed by atoms with Crippen LogP contribution < -0.4 is 5.32 Å². The summed E-state index contributed by atoms with van der Waals surface area (Å²) in [4.78, 5) is 28.6. The highest BCUT2D eigenvalue weighted by Crippen LogP contribution is 2.25. The highest BCUT2D eigenvalue weighted by atomic mass is 16.3. The zero-order valence-electron chi connectivity index (χ0n) is 17.0. The summed E-state index contributed by atoms with van der Waals surface area (Å²) in [5.74, 6) is -0.176. The molecule has 2 aromatic rings. The van der Waals surface area contributed by atoms with Crippen LogP contribution in [0.15, 0.2) is 54.6 Å². The number of rotatable bonds is 7. The van der Waals surface area contributed by atoms with Crippen molar-refractivity contribution in [3.8, 4) is 0 Å². The molecule has 2 N–H and O–H groups in total. The van der Waals surface area contributed by atoms with E-state index >= 15 is 0 Å². The minimum Gasteiger partial charge on any atom is -0.392 e. The Labute approximate surface area is 172 Å². The molecule has 6 nitrogen and oxygen atoms in total. The molecule has 1 fully saturated rings. The Hall–Kier alpha value is -2.70. The Bertz CT molecular complexity index is 840. The van der Waals surface area contributed by atoms with Gasteiger partial charge in [-0.15, -0.1) is 0 Å². The monoisotopic (exact) mass is 395 g/mol. The zero-order valence-corrected chi connectivity index (χ0v) is 17.0. The first-order chi connectivity index (χ1) is 13.9. The van der Waals surface area contributed by atoms with Crippen molar-refractivity contribution in [2.75, 3.05) is 32.0 Å². The number of carbonyl (C=O) groups excluding carboxylic acids is 2. The van der Waals surface area contributed by atoms with E-state index in [2.05, 4.69) is 10.2 Å². The minimum atomic E-state index is -0.294. The standard InChI is InChI=1S/C23H29N3O3/c1-17(27)24-21-11-7-6-10-19(21)14-23(29)25(2)22(18-8-4-3-5-9-18)16-26-13-12-20(28)15-26/h3-11,20,22,28H,12-16H2,1-2H3,(H,24,27)/t20-,22+/m0/s1. The fourth-order valence-electron chi connectivity index (χ4n) is 3.80. The van der Waals surface area contributed by atoms with Crippen LogP contribution in [0.25, 0.3) is 0 Å². The second-order valence-electron chi connectivity index (χ2n) is 7.65. The van der Waals surface area contributed by atoms with Crippen molar-refractivity contribution in [2.24, 2.45) is 0 Å². The molecular formula is C23H29N3O3. The molecule has 2 amide bonds. The molecule has 0 aromatic heterocycles. The summed E-state index contributed by atoms with van der Waals surface area (Å²) in [7, 11) is 1.83. The summed E-state index contributed by atoms with van der Waals surface area (Å²) in [6, 6.07) is 17.3. The van der Waals surface area contributed by atoms with Gasteiger partial charge in [0, 0.05) is 39.3 Å². The molecule has 0 saturated carbocycles. The van der Waals surface area contributed by atoms with Crippen LogP contribution in [0.1, 0.15) is 30.5 Å². The highest BCUT2D eigenvalue weighted by molar-refractivity contribution is 5.91. The summed E-state index contributed by atoms with van der Waals surface area (Å²) in [6.07, 6.45) is 0.680. The van der Waals surface area contributed by atoms with E-state index in [1.54, 1.807) is 4.90 Å². The van der Waals surface area contributed by atoms with Crippen LogP contribution in [0.5, 0.6) is 0 Å². The minimum absolute atomic E-state index is 0.0172. The lowest BCUT2D eigenvalue weighted by molar-refractivity contribution is -0.131. The predicted molar refractivity (Wildman–Crippen MR) is 113 cm³/mol. The second kappa shape index (κ2) is 9.67. The van der Waals surface area contributed by atoms with Gasteiger partial charge in [0.25, 0.3) is 0 Å². The Balaban J connectivity index is 1.77. The first kappa shape index (κ1) is 21.0. The predicted octanol–water partition coefficient (Wildman–Crippen LogP) is 2.45. The van der Waals surface area contributed by atoms with Gasteiger partial charge < -0.3 is 15.3 Å². The van der Waals surface area contributed by atoms with Gasteiger partial charge in [-0.25, -0.2) is 0 Å². The molecule has 0 bridgehead atoms. The molecular weight excluding hydrogens is 366 g/mol. The summed E-state index contributed by atoms with van der Waals surface area (Å²) >= 11 is 0. The van der Waals surface area contributed by atoms with E-state index < -0.39 is 0 Å². The number of likely N-dealkylation sites (N-methyl/N-ethyl adjacent to an activating group) is 1. The van der Waals surface area contributed by atoms with Crippen LogP contribution in [-0.2, 0) is 16.0 Å². The van der Waals surface area contributed by atoms with Gasteiger partial charge in [-0.05, 0) is 23.6 Å². The first-order valence-corrected chi connectivity index (χ1v) is 10.0. The number of β-amino-alcohol motifs (C(OH)–C–C–N with tert-alkyl or cyclic N) is 1. The maximum absolute atomic E-state index is 13.1. The van der Waals surface area contributed by atoms with Crippen molar-refractivity contribution in [1.29, 1.82) is 0 Å². The number of anilines is 1. The van der Waals surface area contributed by atoms with Crippen LogP contribution in [0.2, 0.25) is 0 Å². The maximum atomic E-state index is 13.1. The van der Waals surface area contributed by atoms with Crippen LogP contribution in [0.4, 0.5) is 5.69 Å². The average molecular weight is 396 g/mol. The van der Waals surface area contributed by atoms with Crippen molar-refractivity contribution in [3.05, 3.63) is 65.7 Å². The number of hydrogen-bond donors (Lipinski definition) is 2. The Kier molecular flexibility index (Phi) is 7.01. The van der Waals surface area contributed by atoms with E-state index in [9.17, 15) is 14.7 Å². The molecule has 0 spiro atoms. The zero-order chi connectivity index (χ0) is 20.8. The van der Waals surface area contributed by atoms with Crippen molar-refractivity contribution < 1.29 is 14.7 Å². The molecule has 1 aliphatic rings. The molecule has 0 aliphatic carbocycles. The lowest BCUT2D eigenvalue weighted by Crippen LogP contribution is -2.39. The normalized spacial score (nSPS) is 17.7. The lowest BCUT2D eigenvalue weighted by Gasteiger charge is -2.32. The number of para-hydroxylation sites is 1. The van der Waals surface area contributed by atoms with E-state index in [0.29, 0.717) is 18.8 Å². The molecule has 2 atom stereocenters. The molecule has 0 radical (unpaired) electrons. The number of nitrogens with one attached hydrogen (secondary N) is 1. The summed E-state index contributed by atoms with van der Waals surface area (Å²) < 4.78 is 0. The van der Waals surface area contributed by atoms with Crippen LogP contribution in [0.3, 0.4) is 0 Å². The van der Waals surface area contributed by atoms with Crippen molar-refractivity contribution >= 4 is 17.5 Å². The number of aliphatic hydroxyl groups excluding tert-OH is 1. The Morgan fingerprint density at radius 2 is 1.86 bits per heavy atom. The Morgan fingerprint density at radius 1 is 1.17 bits per heavy atom. The molecule has 1 aliphatic heterocycles. The van der Waals surface area contributed by atoms with E-state index in [1.165, 1.54) is 6.92 Å². The third-order valence-corrected chi connectivity index (χ3v) is 5.39. The van der Waals surface area contributed by atoms with E-state index in [4.69, 9.17) is 0 Å². The van der Waals surface area contributed by atoms with Crippen molar-refractivity contribution in [2.45, 2.75) is 31.9 Å². The number of likely N-dealkylation sites (tertiary alicyclic amines) is 1. The van der Waals surface area contributed by atoms with Gasteiger partial charge in [-0.1, -0.05) is 48.5 Å². The van der Waals surface area contributed by atoms with Gasteiger partial charge in [-0.3, -0.25) is 14.5 Å². The molecule has 1 heterocycles. The number of amides is 2. The maximum Gasteiger partial charge on any atom is 0.227 e.